The van der Waals surface area contributed by atoms with Gasteiger partial charge in [-0.1, -0.05) is 24.3 Å². The predicted octanol–water partition coefficient (Wildman–Crippen LogP) is 2.81. The summed E-state index contributed by atoms with van der Waals surface area (Å²) in [7, 11) is -3.32. The Morgan fingerprint density at radius 3 is 2.25 bits per heavy atom. The molecule has 1 aromatic heterocycles. The molecule has 0 aliphatic carbocycles. The van der Waals surface area contributed by atoms with Gasteiger partial charge >= 0.3 is 0 Å². The first-order valence-electron chi connectivity index (χ1n) is 7.67. The molecule has 1 heterocycles. The topological polar surface area (TPSA) is 75.3 Å². The van der Waals surface area contributed by atoms with Gasteiger partial charge in [0.15, 0.2) is 0 Å². The number of rotatable bonds is 7. The lowest BCUT2D eigenvalue weighted by molar-refractivity contribution is 0.0955. The fourth-order valence-corrected chi connectivity index (χ4v) is 4.42. The Bertz CT molecular complexity index is 793. The molecule has 0 saturated carbocycles. The molecule has 0 aliphatic rings. The van der Waals surface area contributed by atoms with E-state index in [4.69, 9.17) is 0 Å². The number of thiophene rings is 1. The van der Waals surface area contributed by atoms with E-state index in [-0.39, 0.29) is 17.7 Å². The summed E-state index contributed by atoms with van der Waals surface area (Å²) >= 11 is 1.46. The maximum absolute atomic E-state index is 12.0. The van der Waals surface area contributed by atoms with Crippen molar-refractivity contribution >= 4 is 27.3 Å². The highest BCUT2D eigenvalue weighted by Gasteiger charge is 2.13. The Morgan fingerprint density at radius 1 is 1.08 bits per heavy atom. The summed E-state index contributed by atoms with van der Waals surface area (Å²) < 4.78 is 26.4. The van der Waals surface area contributed by atoms with Crippen LogP contribution in [0, 0.1) is 6.92 Å². The average molecular weight is 367 g/mol. The molecule has 0 bridgehead atoms. The number of carbonyl (C=O) groups excluding carboxylic acids is 1. The number of benzene rings is 1. The molecule has 24 heavy (non-hydrogen) atoms. The Labute approximate surface area is 147 Å². The van der Waals surface area contributed by atoms with E-state index in [1.165, 1.54) is 11.3 Å². The molecule has 5 nitrogen and oxygen atoms in total. The van der Waals surface area contributed by atoms with Crippen LogP contribution >= 0.6 is 11.3 Å². The van der Waals surface area contributed by atoms with E-state index in [9.17, 15) is 13.2 Å². The van der Waals surface area contributed by atoms with Gasteiger partial charge in [-0.15, -0.1) is 11.3 Å². The molecule has 2 aromatic rings. The molecule has 1 aromatic carbocycles. The van der Waals surface area contributed by atoms with E-state index in [1.807, 2.05) is 31.2 Å². The molecular formula is C17H22N2O3S2. The van der Waals surface area contributed by atoms with E-state index in [2.05, 4.69) is 10.0 Å². The summed E-state index contributed by atoms with van der Waals surface area (Å²) in [6.07, 6.45) is 0. The Balaban J connectivity index is 1.91. The minimum absolute atomic E-state index is 0.0493. The van der Waals surface area contributed by atoms with Crippen molar-refractivity contribution in [2.75, 3.05) is 0 Å². The zero-order valence-electron chi connectivity index (χ0n) is 14.0. The first kappa shape index (κ1) is 18.6. The second-order valence-corrected chi connectivity index (χ2v) is 8.98. The van der Waals surface area contributed by atoms with Crippen molar-refractivity contribution in [3.05, 3.63) is 57.3 Å². The highest BCUT2D eigenvalue weighted by Crippen LogP contribution is 2.15. The third-order valence-corrected chi connectivity index (χ3v) is 5.76. The first-order chi connectivity index (χ1) is 11.2. The van der Waals surface area contributed by atoms with Crippen molar-refractivity contribution in [1.29, 1.82) is 0 Å². The van der Waals surface area contributed by atoms with Crippen LogP contribution in [0.3, 0.4) is 0 Å². The second-order valence-electron chi connectivity index (χ2n) is 5.94. The molecule has 7 heteroatoms. The van der Waals surface area contributed by atoms with E-state index in [1.54, 1.807) is 26.0 Å². The van der Waals surface area contributed by atoms with Gasteiger partial charge in [0.05, 0.1) is 10.6 Å². The zero-order chi connectivity index (χ0) is 17.7. The van der Waals surface area contributed by atoms with Crippen molar-refractivity contribution in [3.8, 4) is 0 Å². The number of aryl methyl sites for hydroxylation is 1. The molecule has 2 rings (SSSR count). The normalized spacial score (nSPS) is 11.7. The third kappa shape index (κ3) is 5.74. The standard InChI is InChI=1S/C17H22N2O3S2/c1-12(2)19-24(21,22)11-15-7-5-14(6-8-15)10-18-17(20)16-9-4-13(3)23-16/h4-9,12,19H,10-11H2,1-3H3,(H,18,20). The molecule has 0 atom stereocenters. The Kier molecular flexibility index (Phi) is 6.15. The second kappa shape index (κ2) is 7.92. The highest BCUT2D eigenvalue weighted by molar-refractivity contribution is 7.88. The van der Waals surface area contributed by atoms with Crippen LogP contribution in [0.2, 0.25) is 0 Å². The lowest BCUT2D eigenvalue weighted by atomic mass is 10.1. The molecule has 2 N–H and O–H groups in total. The first-order valence-corrected chi connectivity index (χ1v) is 10.1. The van der Waals surface area contributed by atoms with Gasteiger partial charge in [-0.3, -0.25) is 4.79 Å². The minimum atomic E-state index is -3.32. The van der Waals surface area contributed by atoms with Gasteiger partial charge in [0.2, 0.25) is 10.0 Å². The molecule has 0 spiro atoms. The number of carbonyl (C=O) groups is 1. The fourth-order valence-electron chi connectivity index (χ4n) is 2.20. The lowest BCUT2D eigenvalue weighted by Gasteiger charge is -2.10. The summed E-state index contributed by atoms with van der Waals surface area (Å²) in [5, 5.41) is 2.86. The number of amides is 1. The highest BCUT2D eigenvalue weighted by atomic mass is 32.2. The van der Waals surface area contributed by atoms with Crippen LogP contribution < -0.4 is 10.0 Å². The largest absolute Gasteiger partial charge is 0.347 e. The van der Waals surface area contributed by atoms with Gasteiger partial charge in [0.25, 0.3) is 5.91 Å². The van der Waals surface area contributed by atoms with Crippen LogP contribution in [0.25, 0.3) is 0 Å². The predicted molar refractivity (Wildman–Crippen MR) is 97.6 cm³/mol. The van der Waals surface area contributed by atoms with Gasteiger partial charge in [-0.05, 0) is 44.0 Å². The monoisotopic (exact) mass is 366 g/mol. The van der Waals surface area contributed by atoms with E-state index >= 15 is 0 Å². The smallest absolute Gasteiger partial charge is 0.261 e. The van der Waals surface area contributed by atoms with Crippen LogP contribution in [0.1, 0.15) is 39.5 Å². The van der Waals surface area contributed by atoms with Crippen molar-refractivity contribution < 1.29 is 13.2 Å². The number of nitrogens with one attached hydrogen (secondary N) is 2. The summed E-state index contributed by atoms with van der Waals surface area (Å²) in [6.45, 7) is 5.95. The molecule has 130 valence electrons. The van der Waals surface area contributed by atoms with Crippen molar-refractivity contribution in [1.82, 2.24) is 10.0 Å². The van der Waals surface area contributed by atoms with Crippen LogP contribution in [-0.2, 0) is 22.3 Å². The van der Waals surface area contributed by atoms with E-state index < -0.39 is 10.0 Å². The van der Waals surface area contributed by atoms with Crippen LogP contribution in [-0.4, -0.2) is 20.4 Å². The summed E-state index contributed by atoms with van der Waals surface area (Å²) in [5.74, 6) is -0.146. The molecule has 1 amide bonds. The minimum Gasteiger partial charge on any atom is -0.347 e. The molecule has 0 unspecified atom stereocenters. The Morgan fingerprint density at radius 2 is 1.71 bits per heavy atom. The number of hydrogen-bond acceptors (Lipinski definition) is 4. The van der Waals surface area contributed by atoms with Gasteiger partial charge in [-0.2, -0.15) is 0 Å². The van der Waals surface area contributed by atoms with Crippen LogP contribution in [0.5, 0.6) is 0 Å². The maximum Gasteiger partial charge on any atom is 0.261 e. The van der Waals surface area contributed by atoms with Gasteiger partial charge in [0, 0.05) is 17.5 Å². The molecule has 0 radical (unpaired) electrons. The van der Waals surface area contributed by atoms with Crippen LogP contribution in [0.15, 0.2) is 36.4 Å². The van der Waals surface area contributed by atoms with Crippen molar-refractivity contribution in [3.63, 3.8) is 0 Å². The average Bonchev–Trinajstić information content (AvgIpc) is 2.91. The lowest BCUT2D eigenvalue weighted by Crippen LogP contribution is -2.31. The van der Waals surface area contributed by atoms with Crippen molar-refractivity contribution in [2.45, 2.75) is 39.1 Å². The summed E-state index contributed by atoms with van der Waals surface area (Å²) in [4.78, 5) is 13.8. The molecule has 0 aliphatic heterocycles. The fraction of sp³-hybridized carbons (Fsp3) is 0.353. The van der Waals surface area contributed by atoms with Crippen LogP contribution in [0.4, 0.5) is 0 Å². The van der Waals surface area contributed by atoms with Gasteiger partial charge in [-0.25, -0.2) is 13.1 Å². The quantitative estimate of drug-likeness (QED) is 0.791. The van der Waals surface area contributed by atoms with Crippen molar-refractivity contribution in [2.24, 2.45) is 0 Å². The SMILES string of the molecule is Cc1ccc(C(=O)NCc2ccc(CS(=O)(=O)NC(C)C)cc2)s1. The zero-order valence-corrected chi connectivity index (χ0v) is 15.6. The number of sulfonamides is 1. The molecular weight excluding hydrogens is 344 g/mol. The Hall–Kier alpha value is -1.70. The summed E-state index contributed by atoms with van der Waals surface area (Å²) in [6, 6.07) is 10.8. The third-order valence-electron chi connectivity index (χ3n) is 3.21. The van der Waals surface area contributed by atoms with E-state index in [0.717, 1.165) is 10.4 Å². The molecule has 0 saturated heterocycles. The van der Waals surface area contributed by atoms with E-state index in [0.29, 0.717) is 17.0 Å². The number of hydrogen-bond donors (Lipinski definition) is 2. The molecule has 0 fully saturated rings. The van der Waals surface area contributed by atoms with Gasteiger partial charge < -0.3 is 5.32 Å². The summed E-state index contributed by atoms with van der Waals surface area (Å²) in [5.41, 5.74) is 1.64. The van der Waals surface area contributed by atoms with Gasteiger partial charge in [0.1, 0.15) is 0 Å². The maximum atomic E-state index is 12.0.